The Morgan fingerprint density at radius 3 is 2.44 bits per heavy atom. The molecule has 0 unspecified atom stereocenters. The Balaban J connectivity index is 1.94. The first-order valence-corrected chi connectivity index (χ1v) is 8.66. The van der Waals surface area contributed by atoms with Crippen LogP contribution in [0.5, 0.6) is 0 Å². The average Bonchev–Trinajstić information content (AvgIpc) is 2.92. The molecule has 0 N–H and O–H groups in total. The molecule has 2 aromatic carbocycles. The number of para-hydroxylation sites is 1. The molecule has 0 radical (unpaired) electrons. The number of nitrogens with zero attached hydrogens (tertiary/aromatic N) is 3. The summed E-state index contributed by atoms with van der Waals surface area (Å²) in [6.07, 6.45) is 1.64. The molecule has 0 atom stereocenters. The Morgan fingerprint density at radius 2 is 1.84 bits per heavy atom. The average molecular weight is 353 g/mol. The van der Waals surface area contributed by atoms with Crippen LogP contribution in [0.15, 0.2) is 65.3 Å². The second-order valence-electron chi connectivity index (χ2n) is 5.18. The van der Waals surface area contributed by atoms with Gasteiger partial charge in [-0.05, 0) is 41.7 Å². The Hall–Kier alpha value is -2.93. The van der Waals surface area contributed by atoms with Crippen molar-refractivity contribution in [1.82, 2.24) is 0 Å². The third kappa shape index (κ3) is 3.61. The van der Waals surface area contributed by atoms with Crippen LogP contribution in [0.4, 0.5) is 11.4 Å². The number of nitro groups is 1. The molecule has 126 valence electrons. The highest BCUT2D eigenvalue weighted by Gasteiger charge is 2.31. The van der Waals surface area contributed by atoms with E-state index in [-0.39, 0.29) is 11.6 Å². The SMILES string of the molecule is CCSC1=N/C(=C\c2ccc([N+](=O)[O-])cc2)C(=O)N1c1ccccc1. The minimum absolute atomic E-state index is 0.0107. The van der Waals surface area contributed by atoms with Gasteiger partial charge in [0.2, 0.25) is 0 Å². The molecule has 3 rings (SSSR count). The van der Waals surface area contributed by atoms with Crippen LogP contribution in [0, 0.1) is 10.1 Å². The zero-order valence-corrected chi connectivity index (χ0v) is 14.3. The molecule has 1 aliphatic heterocycles. The summed E-state index contributed by atoms with van der Waals surface area (Å²) in [7, 11) is 0. The monoisotopic (exact) mass is 353 g/mol. The number of anilines is 1. The van der Waals surface area contributed by atoms with Crippen LogP contribution in [-0.4, -0.2) is 21.8 Å². The van der Waals surface area contributed by atoms with E-state index < -0.39 is 4.92 Å². The number of benzene rings is 2. The molecular weight excluding hydrogens is 338 g/mol. The third-order valence-corrected chi connectivity index (χ3v) is 4.35. The molecule has 1 amide bonds. The van der Waals surface area contributed by atoms with E-state index in [0.717, 1.165) is 11.4 Å². The molecule has 7 heteroatoms. The van der Waals surface area contributed by atoms with Gasteiger partial charge >= 0.3 is 0 Å². The van der Waals surface area contributed by atoms with Crippen molar-refractivity contribution in [1.29, 1.82) is 0 Å². The van der Waals surface area contributed by atoms with E-state index in [1.54, 1.807) is 23.1 Å². The first kappa shape index (κ1) is 16.9. The number of nitro benzene ring substituents is 1. The number of hydrogen-bond acceptors (Lipinski definition) is 5. The number of aliphatic imine (C=N–C) groups is 1. The highest BCUT2D eigenvalue weighted by molar-refractivity contribution is 8.14. The maximum Gasteiger partial charge on any atom is 0.283 e. The standard InChI is InChI=1S/C18H15N3O3S/c1-2-25-18-19-16(12-13-8-10-15(11-9-13)21(23)24)17(22)20(18)14-6-4-3-5-7-14/h3-12H,2H2,1H3/b16-12-. The second-order valence-corrected chi connectivity index (χ2v) is 6.41. The van der Waals surface area contributed by atoms with Crippen molar-refractivity contribution in [2.24, 2.45) is 4.99 Å². The summed E-state index contributed by atoms with van der Waals surface area (Å²) in [5.41, 5.74) is 1.78. The molecule has 0 aromatic heterocycles. The van der Waals surface area contributed by atoms with E-state index >= 15 is 0 Å². The number of hydrogen-bond donors (Lipinski definition) is 0. The van der Waals surface area contributed by atoms with E-state index in [0.29, 0.717) is 16.4 Å². The first-order chi connectivity index (χ1) is 12.1. The molecular formula is C18H15N3O3S. The van der Waals surface area contributed by atoms with Crippen LogP contribution in [0.2, 0.25) is 0 Å². The van der Waals surface area contributed by atoms with E-state index in [4.69, 9.17) is 0 Å². The zero-order chi connectivity index (χ0) is 17.8. The van der Waals surface area contributed by atoms with Crippen LogP contribution in [0.25, 0.3) is 6.08 Å². The van der Waals surface area contributed by atoms with Crippen molar-refractivity contribution in [3.63, 3.8) is 0 Å². The molecule has 0 aliphatic carbocycles. The minimum Gasteiger partial charge on any atom is -0.266 e. The van der Waals surface area contributed by atoms with E-state index in [1.165, 1.54) is 23.9 Å². The number of amides is 1. The lowest BCUT2D eigenvalue weighted by Gasteiger charge is -2.17. The van der Waals surface area contributed by atoms with Crippen LogP contribution in [0.3, 0.4) is 0 Å². The van der Waals surface area contributed by atoms with Gasteiger partial charge in [-0.2, -0.15) is 0 Å². The van der Waals surface area contributed by atoms with Gasteiger partial charge in [0.15, 0.2) is 5.17 Å². The summed E-state index contributed by atoms with van der Waals surface area (Å²) in [4.78, 5) is 29.1. The second kappa shape index (κ2) is 7.31. The van der Waals surface area contributed by atoms with Crippen LogP contribution in [0.1, 0.15) is 12.5 Å². The van der Waals surface area contributed by atoms with Crippen molar-refractivity contribution in [3.05, 3.63) is 76.0 Å². The lowest BCUT2D eigenvalue weighted by atomic mass is 10.1. The highest BCUT2D eigenvalue weighted by atomic mass is 32.2. The molecule has 0 fully saturated rings. The summed E-state index contributed by atoms with van der Waals surface area (Å²) in [5, 5.41) is 11.4. The van der Waals surface area contributed by atoms with Crippen molar-refractivity contribution < 1.29 is 9.72 Å². The molecule has 0 bridgehead atoms. The Morgan fingerprint density at radius 1 is 1.16 bits per heavy atom. The summed E-state index contributed by atoms with van der Waals surface area (Å²) < 4.78 is 0. The van der Waals surface area contributed by atoms with Gasteiger partial charge in [-0.1, -0.05) is 36.9 Å². The summed E-state index contributed by atoms with van der Waals surface area (Å²) in [6, 6.07) is 15.4. The molecule has 0 saturated heterocycles. The van der Waals surface area contributed by atoms with Gasteiger partial charge < -0.3 is 0 Å². The molecule has 0 saturated carbocycles. The van der Waals surface area contributed by atoms with Crippen LogP contribution < -0.4 is 4.90 Å². The maximum atomic E-state index is 12.8. The number of carbonyl (C=O) groups is 1. The van der Waals surface area contributed by atoms with Gasteiger partial charge in [0.25, 0.3) is 11.6 Å². The molecule has 25 heavy (non-hydrogen) atoms. The number of carbonyl (C=O) groups excluding carboxylic acids is 1. The number of thioether (sulfide) groups is 1. The number of amidine groups is 1. The predicted octanol–water partition coefficient (Wildman–Crippen LogP) is 4.09. The molecule has 1 aliphatic rings. The minimum atomic E-state index is -0.455. The van der Waals surface area contributed by atoms with Gasteiger partial charge in [0.1, 0.15) is 5.70 Å². The fourth-order valence-corrected chi connectivity index (χ4v) is 3.12. The topological polar surface area (TPSA) is 75.8 Å². The summed E-state index contributed by atoms with van der Waals surface area (Å²) in [5.74, 6) is 0.584. The number of non-ortho nitro benzene ring substituents is 1. The molecule has 0 spiro atoms. The number of rotatable bonds is 4. The Bertz CT molecular complexity index is 861. The fourth-order valence-electron chi connectivity index (χ4n) is 2.38. The van der Waals surface area contributed by atoms with E-state index in [9.17, 15) is 14.9 Å². The maximum absolute atomic E-state index is 12.8. The van der Waals surface area contributed by atoms with E-state index in [2.05, 4.69) is 4.99 Å². The van der Waals surface area contributed by atoms with Crippen molar-refractivity contribution >= 4 is 40.3 Å². The quantitative estimate of drug-likeness (QED) is 0.471. The van der Waals surface area contributed by atoms with Crippen LogP contribution >= 0.6 is 11.8 Å². The summed E-state index contributed by atoms with van der Waals surface area (Å²) in [6.45, 7) is 2.00. The van der Waals surface area contributed by atoms with Crippen molar-refractivity contribution in [2.45, 2.75) is 6.92 Å². The molecule has 2 aromatic rings. The Labute approximate surface area is 149 Å². The third-order valence-electron chi connectivity index (χ3n) is 3.52. The normalized spacial score (nSPS) is 15.6. The first-order valence-electron chi connectivity index (χ1n) is 7.67. The smallest absolute Gasteiger partial charge is 0.266 e. The summed E-state index contributed by atoms with van der Waals surface area (Å²) >= 11 is 1.49. The van der Waals surface area contributed by atoms with Gasteiger partial charge in [-0.3, -0.25) is 19.8 Å². The fraction of sp³-hybridized carbons (Fsp3) is 0.111. The lowest BCUT2D eigenvalue weighted by Crippen LogP contribution is -2.30. The van der Waals surface area contributed by atoms with Gasteiger partial charge in [-0.15, -0.1) is 0 Å². The highest BCUT2D eigenvalue weighted by Crippen LogP contribution is 2.29. The lowest BCUT2D eigenvalue weighted by molar-refractivity contribution is -0.384. The Kier molecular flexibility index (Phi) is 4.95. The van der Waals surface area contributed by atoms with Gasteiger partial charge in [0.05, 0.1) is 10.6 Å². The van der Waals surface area contributed by atoms with E-state index in [1.807, 2.05) is 37.3 Å². The molecule has 6 nitrogen and oxygen atoms in total. The largest absolute Gasteiger partial charge is 0.283 e. The molecule has 1 heterocycles. The van der Waals surface area contributed by atoms with Gasteiger partial charge in [-0.25, -0.2) is 4.99 Å². The van der Waals surface area contributed by atoms with Crippen molar-refractivity contribution in [2.75, 3.05) is 10.7 Å². The van der Waals surface area contributed by atoms with Gasteiger partial charge in [0, 0.05) is 12.1 Å². The predicted molar refractivity (Wildman–Crippen MR) is 101 cm³/mol. The zero-order valence-electron chi connectivity index (χ0n) is 13.5. The van der Waals surface area contributed by atoms with Crippen LogP contribution in [-0.2, 0) is 4.79 Å². The van der Waals surface area contributed by atoms with Crippen molar-refractivity contribution in [3.8, 4) is 0 Å².